The second kappa shape index (κ2) is 6.58. The Morgan fingerprint density at radius 3 is 1.90 bits per heavy atom. The van der Waals surface area contributed by atoms with Crippen LogP contribution in [-0.4, -0.2) is 17.9 Å². The summed E-state index contributed by atoms with van der Waals surface area (Å²) >= 11 is 6.29. The van der Waals surface area contributed by atoms with Gasteiger partial charge in [0.15, 0.2) is 0 Å². The molecule has 0 heterocycles. The Hall–Kier alpha value is -1.80. The van der Waals surface area contributed by atoms with Crippen molar-refractivity contribution in [2.75, 3.05) is 7.05 Å². The van der Waals surface area contributed by atoms with Crippen LogP contribution in [-0.2, 0) is 4.79 Å². The smallest absolute Gasteiger partial charge is 0.245 e. The topological polar surface area (TPSA) is 20.3 Å². The summed E-state index contributed by atoms with van der Waals surface area (Å²) < 4.78 is 0. The molecule has 104 valence electrons. The molecule has 2 rings (SSSR count). The maximum atomic E-state index is 12.5. The van der Waals surface area contributed by atoms with E-state index in [-0.39, 0.29) is 11.9 Å². The molecular formula is C17H18ClNO. The van der Waals surface area contributed by atoms with Gasteiger partial charge in [0.05, 0.1) is 6.04 Å². The van der Waals surface area contributed by atoms with Crippen molar-refractivity contribution in [3.63, 3.8) is 0 Å². The van der Waals surface area contributed by atoms with Crippen molar-refractivity contribution < 1.29 is 4.79 Å². The Balaban J connectivity index is 2.13. The van der Waals surface area contributed by atoms with Crippen LogP contribution in [0.5, 0.6) is 0 Å². The van der Waals surface area contributed by atoms with Crippen molar-refractivity contribution in [1.82, 2.24) is 4.90 Å². The van der Waals surface area contributed by atoms with Gasteiger partial charge in [-0.15, -0.1) is 11.6 Å². The summed E-state index contributed by atoms with van der Waals surface area (Å²) in [7, 11) is 1.79. The Bertz CT molecular complexity index is 556. The Morgan fingerprint density at radius 2 is 1.40 bits per heavy atom. The molecule has 2 aromatic carbocycles. The molecule has 2 unspecified atom stereocenters. The van der Waals surface area contributed by atoms with Gasteiger partial charge in [-0.3, -0.25) is 4.79 Å². The van der Waals surface area contributed by atoms with Gasteiger partial charge < -0.3 is 4.90 Å². The van der Waals surface area contributed by atoms with Gasteiger partial charge in [0.25, 0.3) is 0 Å². The van der Waals surface area contributed by atoms with Crippen LogP contribution in [0.25, 0.3) is 0 Å². The van der Waals surface area contributed by atoms with Crippen LogP contribution in [0.4, 0.5) is 0 Å². The average Bonchev–Trinajstić information content (AvgIpc) is 2.53. The summed E-state index contributed by atoms with van der Waals surface area (Å²) in [6, 6.07) is 19.4. The van der Waals surface area contributed by atoms with Crippen LogP contribution in [0.1, 0.15) is 29.5 Å². The number of likely N-dealkylation sites (N-methyl/N-ethyl adjacent to an activating group) is 1. The average molecular weight is 288 g/mol. The minimum absolute atomic E-state index is 0.00587. The normalized spacial score (nSPS) is 13.6. The number of halogens is 1. The molecule has 0 aliphatic carbocycles. The zero-order valence-electron chi connectivity index (χ0n) is 11.7. The largest absolute Gasteiger partial charge is 0.337 e. The highest BCUT2D eigenvalue weighted by molar-refractivity contribution is 6.30. The summed E-state index contributed by atoms with van der Waals surface area (Å²) in [5.74, 6) is -0.0887. The molecule has 0 aliphatic heterocycles. The molecule has 0 saturated carbocycles. The third-order valence-electron chi connectivity index (χ3n) is 3.52. The van der Waals surface area contributed by atoms with Crippen LogP contribution >= 0.6 is 11.6 Å². The van der Waals surface area contributed by atoms with E-state index in [1.807, 2.05) is 67.6 Å². The summed E-state index contributed by atoms with van der Waals surface area (Å²) in [6.07, 6.45) is 0. The quantitative estimate of drug-likeness (QED) is 0.772. The molecule has 2 atom stereocenters. The maximum Gasteiger partial charge on any atom is 0.245 e. The van der Waals surface area contributed by atoms with E-state index in [0.29, 0.717) is 0 Å². The van der Waals surface area contributed by atoms with E-state index >= 15 is 0 Å². The first-order valence-electron chi connectivity index (χ1n) is 6.62. The number of benzene rings is 2. The van der Waals surface area contributed by atoms with E-state index in [0.717, 1.165) is 11.1 Å². The standard InChI is InChI=1S/C17H18ClNO/c1-13(14-9-5-3-6-10-14)19(2)17(20)16(18)15-11-7-4-8-12-15/h3-13,16H,1-2H3. The molecule has 2 aromatic rings. The van der Waals surface area contributed by atoms with Gasteiger partial charge in [0.1, 0.15) is 5.38 Å². The summed E-state index contributed by atoms with van der Waals surface area (Å²) in [6.45, 7) is 2.00. The number of hydrogen-bond donors (Lipinski definition) is 0. The second-order valence-corrected chi connectivity index (χ2v) is 5.25. The molecule has 0 spiro atoms. The fraction of sp³-hybridized carbons (Fsp3) is 0.235. The number of nitrogens with zero attached hydrogens (tertiary/aromatic N) is 1. The lowest BCUT2D eigenvalue weighted by Crippen LogP contribution is -2.32. The van der Waals surface area contributed by atoms with Gasteiger partial charge in [-0.25, -0.2) is 0 Å². The molecule has 0 saturated heterocycles. The Kier molecular flexibility index (Phi) is 4.80. The molecule has 0 radical (unpaired) electrons. The van der Waals surface area contributed by atoms with Crippen molar-refractivity contribution >= 4 is 17.5 Å². The molecule has 1 amide bonds. The minimum Gasteiger partial charge on any atom is -0.337 e. The lowest BCUT2D eigenvalue weighted by Gasteiger charge is -2.27. The maximum absolute atomic E-state index is 12.5. The Morgan fingerprint density at radius 1 is 0.950 bits per heavy atom. The van der Waals surface area contributed by atoms with Crippen molar-refractivity contribution in [1.29, 1.82) is 0 Å². The minimum atomic E-state index is -0.646. The van der Waals surface area contributed by atoms with Crippen molar-refractivity contribution in [3.05, 3.63) is 71.8 Å². The molecule has 20 heavy (non-hydrogen) atoms. The first kappa shape index (κ1) is 14.6. The van der Waals surface area contributed by atoms with Crippen molar-refractivity contribution in [3.8, 4) is 0 Å². The van der Waals surface area contributed by atoms with Gasteiger partial charge in [0.2, 0.25) is 5.91 Å². The van der Waals surface area contributed by atoms with Crippen molar-refractivity contribution in [2.24, 2.45) is 0 Å². The van der Waals surface area contributed by atoms with Crippen LogP contribution in [0.3, 0.4) is 0 Å². The number of hydrogen-bond acceptors (Lipinski definition) is 1. The highest BCUT2D eigenvalue weighted by Gasteiger charge is 2.25. The molecule has 3 heteroatoms. The van der Waals surface area contributed by atoms with Crippen molar-refractivity contribution in [2.45, 2.75) is 18.3 Å². The van der Waals surface area contributed by atoms with Gasteiger partial charge in [0, 0.05) is 7.05 Å². The van der Waals surface area contributed by atoms with Crippen LogP contribution < -0.4 is 0 Å². The van der Waals surface area contributed by atoms with Gasteiger partial charge in [-0.1, -0.05) is 60.7 Å². The monoisotopic (exact) mass is 287 g/mol. The second-order valence-electron chi connectivity index (χ2n) is 4.81. The van der Waals surface area contributed by atoms with E-state index < -0.39 is 5.38 Å². The number of alkyl halides is 1. The van der Waals surface area contributed by atoms with Crippen LogP contribution in [0, 0.1) is 0 Å². The van der Waals surface area contributed by atoms with E-state index in [1.165, 1.54) is 0 Å². The number of rotatable bonds is 4. The molecule has 0 aliphatic rings. The lowest BCUT2D eigenvalue weighted by atomic mass is 10.1. The summed E-state index contributed by atoms with van der Waals surface area (Å²) in [5, 5.41) is -0.646. The molecule has 2 nitrogen and oxygen atoms in total. The third-order valence-corrected chi connectivity index (χ3v) is 3.96. The predicted octanol–water partition coefficient (Wildman–Crippen LogP) is 4.19. The zero-order valence-corrected chi connectivity index (χ0v) is 12.4. The number of carbonyl (C=O) groups is 1. The van der Waals surface area contributed by atoms with E-state index in [9.17, 15) is 4.79 Å². The molecule has 0 aromatic heterocycles. The molecule has 0 bridgehead atoms. The first-order valence-corrected chi connectivity index (χ1v) is 7.05. The zero-order chi connectivity index (χ0) is 14.5. The van der Waals surface area contributed by atoms with E-state index in [4.69, 9.17) is 11.6 Å². The third kappa shape index (κ3) is 3.20. The molecule has 0 fully saturated rings. The number of carbonyl (C=O) groups excluding carboxylic acids is 1. The highest BCUT2D eigenvalue weighted by Crippen LogP contribution is 2.27. The Labute approximate surface area is 125 Å². The predicted molar refractivity (Wildman–Crippen MR) is 82.7 cm³/mol. The van der Waals surface area contributed by atoms with Crippen LogP contribution in [0.2, 0.25) is 0 Å². The lowest BCUT2D eigenvalue weighted by molar-refractivity contribution is -0.131. The highest BCUT2D eigenvalue weighted by atomic mass is 35.5. The summed E-state index contributed by atoms with van der Waals surface area (Å²) in [5.41, 5.74) is 1.92. The SMILES string of the molecule is CC(c1ccccc1)N(C)C(=O)C(Cl)c1ccccc1. The number of amides is 1. The van der Waals surface area contributed by atoms with Gasteiger partial charge >= 0.3 is 0 Å². The first-order chi connectivity index (χ1) is 9.61. The van der Waals surface area contributed by atoms with Gasteiger partial charge in [-0.05, 0) is 18.1 Å². The van der Waals surface area contributed by atoms with E-state index in [1.54, 1.807) is 11.9 Å². The summed E-state index contributed by atoms with van der Waals surface area (Å²) in [4.78, 5) is 14.1. The van der Waals surface area contributed by atoms with E-state index in [2.05, 4.69) is 0 Å². The molecular weight excluding hydrogens is 270 g/mol. The van der Waals surface area contributed by atoms with Crippen LogP contribution in [0.15, 0.2) is 60.7 Å². The van der Waals surface area contributed by atoms with Gasteiger partial charge in [-0.2, -0.15) is 0 Å². The fourth-order valence-corrected chi connectivity index (χ4v) is 2.39. The fourth-order valence-electron chi connectivity index (χ4n) is 2.09. The molecule has 0 N–H and O–H groups in total.